The van der Waals surface area contributed by atoms with Crippen LogP contribution in [0.15, 0.2) is 73.3 Å². The zero-order valence-electron chi connectivity index (χ0n) is 17.5. The SMILES string of the molecule is OCCCn1cc2c(-c3ccc(F)cc3)c(-c3ccncn3)c(-c3ccc(F)cc3)nc2n1. The van der Waals surface area contributed by atoms with Crippen molar-refractivity contribution in [3.63, 3.8) is 0 Å². The van der Waals surface area contributed by atoms with Crippen molar-refractivity contribution in [2.24, 2.45) is 0 Å². The van der Waals surface area contributed by atoms with E-state index in [0.29, 0.717) is 41.1 Å². The molecular weight excluding hydrogens is 424 g/mol. The van der Waals surface area contributed by atoms with Crippen molar-refractivity contribution in [3.05, 3.63) is 85.0 Å². The van der Waals surface area contributed by atoms with Gasteiger partial charge in [0.2, 0.25) is 0 Å². The molecule has 0 saturated heterocycles. The number of rotatable bonds is 6. The molecule has 164 valence electrons. The van der Waals surface area contributed by atoms with Crippen LogP contribution in [0.25, 0.3) is 44.7 Å². The molecule has 5 rings (SSSR count). The molecule has 0 atom stereocenters. The fourth-order valence-corrected chi connectivity index (χ4v) is 3.85. The maximum Gasteiger partial charge on any atom is 0.182 e. The van der Waals surface area contributed by atoms with E-state index in [1.165, 1.54) is 30.6 Å². The molecule has 2 aromatic carbocycles. The minimum Gasteiger partial charge on any atom is -0.396 e. The van der Waals surface area contributed by atoms with E-state index < -0.39 is 0 Å². The van der Waals surface area contributed by atoms with Crippen molar-refractivity contribution in [1.29, 1.82) is 0 Å². The summed E-state index contributed by atoms with van der Waals surface area (Å²) in [6.45, 7) is 0.561. The van der Waals surface area contributed by atoms with E-state index in [4.69, 9.17) is 4.98 Å². The third-order valence-electron chi connectivity index (χ3n) is 5.35. The standard InChI is InChI=1S/C25H19F2N5O/c26-18-6-2-16(3-7-18)22-20-14-32(12-1-13-33)31-25(20)30-24(17-4-8-19(27)9-5-17)23(22)21-10-11-28-15-29-21/h2-11,14-15,33H,1,12-13H2. The molecule has 0 saturated carbocycles. The lowest BCUT2D eigenvalue weighted by Gasteiger charge is -2.15. The number of aromatic nitrogens is 5. The maximum atomic E-state index is 13.8. The topological polar surface area (TPSA) is 76.7 Å². The van der Waals surface area contributed by atoms with Gasteiger partial charge in [0.15, 0.2) is 5.65 Å². The number of halogens is 2. The van der Waals surface area contributed by atoms with E-state index in [1.807, 2.05) is 6.20 Å². The summed E-state index contributed by atoms with van der Waals surface area (Å²) in [7, 11) is 0. The lowest BCUT2D eigenvalue weighted by molar-refractivity contribution is 0.277. The molecular formula is C25H19F2N5O. The highest BCUT2D eigenvalue weighted by Gasteiger charge is 2.22. The first-order valence-corrected chi connectivity index (χ1v) is 10.4. The van der Waals surface area contributed by atoms with Crippen molar-refractivity contribution < 1.29 is 13.9 Å². The fraction of sp³-hybridized carbons (Fsp3) is 0.120. The van der Waals surface area contributed by atoms with Gasteiger partial charge >= 0.3 is 0 Å². The Morgan fingerprint density at radius 2 is 1.55 bits per heavy atom. The second-order valence-electron chi connectivity index (χ2n) is 7.53. The molecule has 6 nitrogen and oxygen atoms in total. The molecule has 1 N–H and O–H groups in total. The summed E-state index contributed by atoms with van der Waals surface area (Å²) in [5, 5.41) is 14.6. The minimum atomic E-state index is -0.351. The smallest absolute Gasteiger partial charge is 0.182 e. The molecule has 0 bridgehead atoms. The highest BCUT2D eigenvalue weighted by molar-refractivity contribution is 6.05. The lowest BCUT2D eigenvalue weighted by Crippen LogP contribution is -2.00. The molecule has 33 heavy (non-hydrogen) atoms. The molecule has 0 aliphatic carbocycles. The van der Waals surface area contributed by atoms with E-state index in [0.717, 1.165) is 16.5 Å². The number of pyridine rings is 1. The average Bonchev–Trinajstić information content (AvgIpc) is 3.26. The Balaban J connectivity index is 1.88. The Bertz CT molecular complexity index is 1400. The van der Waals surface area contributed by atoms with Crippen LogP contribution >= 0.6 is 0 Å². The lowest BCUT2D eigenvalue weighted by atomic mass is 9.91. The van der Waals surface area contributed by atoms with E-state index in [9.17, 15) is 13.9 Å². The van der Waals surface area contributed by atoms with Crippen LogP contribution in [0.2, 0.25) is 0 Å². The van der Waals surface area contributed by atoms with Gasteiger partial charge in [0.25, 0.3) is 0 Å². The first kappa shape index (κ1) is 20.8. The molecule has 0 aliphatic heterocycles. The monoisotopic (exact) mass is 443 g/mol. The molecule has 3 heterocycles. The van der Waals surface area contributed by atoms with Gasteiger partial charge in [0.05, 0.1) is 11.4 Å². The Morgan fingerprint density at radius 3 is 2.18 bits per heavy atom. The van der Waals surface area contributed by atoms with Gasteiger partial charge in [0, 0.05) is 47.6 Å². The van der Waals surface area contributed by atoms with Gasteiger partial charge < -0.3 is 5.11 Å². The van der Waals surface area contributed by atoms with Crippen molar-refractivity contribution >= 4 is 11.0 Å². The first-order valence-electron chi connectivity index (χ1n) is 10.4. The summed E-state index contributed by atoms with van der Waals surface area (Å²) in [6.07, 6.45) is 5.51. The summed E-state index contributed by atoms with van der Waals surface area (Å²) in [6, 6.07) is 14.1. The second kappa shape index (κ2) is 8.84. The highest BCUT2D eigenvalue weighted by Crippen LogP contribution is 2.42. The maximum absolute atomic E-state index is 13.8. The van der Waals surface area contributed by atoms with Gasteiger partial charge in [-0.3, -0.25) is 4.68 Å². The quantitative estimate of drug-likeness (QED) is 0.405. The summed E-state index contributed by atoms with van der Waals surface area (Å²) < 4.78 is 29.2. The number of fused-ring (bicyclic) bond motifs is 1. The molecule has 3 aromatic heterocycles. The number of nitrogens with zero attached hydrogens (tertiary/aromatic N) is 5. The predicted octanol–water partition coefficient (Wildman–Crippen LogP) is 4.88. The Kier molecular flexibility index (Phi) is 5.58. The largest absolute Gasteiger partial charge is 0.396 e. The normalized spacial score (nSPS) is 11.2. The summed E-state index contributed by atoms with van der Waals surface area (Å²) in [5.74, 6) is -0.694. The van der Waals surface area contributed by atoms with Crippen LogP contribution < -0.4 is 0 Å². The number of benzene rings is 2. The number of aryl methyl sites for hydroxylation is 1. The zero-order chi connectivity index (χ0) is 22.8. The van der Waals surface area contributed by atoms with Gasteiger partial charge in [-0.1, -0.05) is 12.1 Å². The van der Waals surface area contributed by atoms with Crippen LogP contribution in [0.4, 0.5) is 8.78 Å². The molecule has 0 unspecified atom stereocenters. The number of hydrogen-bond acceptors (Lipinski definition) is 5. The summed E-state index contributed by atoms with van der Waals surface area (Å²) in [4.78, 5) is 13.3. The van der Waals surface area contributed by atoms with Crippen molar-refractivity contribution in [2.45, 2.75) is 13.0 Å². The first-order chi connectivity index (χ1) is 16.1. The number of aliphatic hydroxyl groups excluding tert-OH is 1. The fourth-order valence-electron chi connectivity index (χ4n) is 3.85. The number of aliphatic hydroxyl groups is 1. The van der Waals surface area contributed by atoms with E-state index >= 15 is 0 Å². The van der Waals surface area contributed by atoms with Gasteiger partial charge in [-0.15, -0.1) is 0 Å². The minimum absolute atomic E-state index is 0.0431. The Labute approximate surface area is 188 Å². The molecule has 0 aliphatic rings. The van der Waals surface area contributed by atoms with Crippen LogP contribution in [-0.4, -0.2) is 36.4 Å². The van der Waals surface area contributed by atoms with E-state index in [1.54, 1.807) is 41.2 Å². The molecule has 0 fully saturated rings. The van der Waals surface area contributed by atoms with E-state index in [2.05, 4.69) is 15.1 Å². The van der Waals surface area contributed by atoms with Crippen molar-refractivity contribution in [2.75, 3.05) is 6.61 Å². The van der Waals surface area contributed by atoms with Crippen LogP contribution in [0, 0.1) is 11.6 Å². The summed E-state index contributed by atoms with van der Waals surface area (Å²) >= 11 is 0. The third-order valence-corrected chi connectivity index (χ3v) is 5.35. The van der Waals surface area contributed by atoms with Crippen LogP contribution in [0.5, 0.6) is 0 Å². The van der Waals surface area contributed by atoms with Crippen LogP contribution in [0.1, 0.15) is 6.42 Å². The summed E-state index contributed by atoms with van der Waals surface area (Å²) in [5.41, 5.74) is 4.65. The van der Waals surface area contributed by atoms with Crippen LogP contribution in [0.3, 0.4) is 0 Å². The van der Waals surface area contributed by atoms with Gasteiger partial charge in [-0.2, -0.15) is 5.10 Å². The van der Waals surface area contributed by atoms with E-state index in [-0.39, 0.29) is 18.2 Å². The van der Waals surface area contributed by atoms with Crippen molar-refractivity contribution in [1.82, 2.24) is 24.7 Å². The second-order valence-corrected chi connectivity index (χ2v) is 7.53. The Morgan fingerprint density at radius 1 is 0.848 bits per heavy atom. The van der Waals surface area contributed by atoms with Gasteiger partial charge in [0.1, 0.15) is 18.0 Å². The molecule has 0 radical (unpaired) electrons. The molecule has 0 spiro atoms. The average molecular weight is 443 g/mol. The molecule has 0 amide bonds. The number of hydrogen-bond donors (Lipinski definition) is 1. The molecule has 5 aromatic rings. The molecule has 8 heteroatoms. The highest BCUT2D eigenvalue weighted by atomic mass is 19.1. The van der Waals surface area contributed by atoms with Crippen molar-refractivity contribution in [3.8, 4) is 33.6 Å². The van der Waals surface area contributed by atoms with Crippen LogP contribution in [-0.2, 0) is 6.54 Å². The Hall–Kier alpha value is -4.04. The third kappa shape index (κ3) is 4.08. The van der Waals surface area contributed by atoms with Gasteiger partial charge in [-0.25, -0.2) is 23.7 Å². The zero-order valence-corrected chi connectivity index (χ0v) is 17.5. The predicted molar refractivity (Wildman–Crippen MR) is 121 cm³/mol. The van der Waals surface area contributed by atoms with Gasteiger partial charge in [-0.05, 0) is 54.4 Å².